The molecule has 16 heteroatoms. The van der Waals surface area contributed by atoms with Gasteiger partial charge in [-0.1, -0.05) is 12.1 Å². The molecule has 1 fully saturated rings. The number of aliphatic hydroxyl groups excluding tert-OH is 1. The van der Waals surface area contributed by atoms with Crippen molar-refractivity contribution in [2.75, 3.05) is 53.9 Å². The molecule has 0 aromatic heterocycles. The fourth-order valence-electron chi connectivity index (χ4n) is 4.99. The van der Waals surface area contributed by atoms with E-state index in [1.54, 1.807) is 14.2 Å². The summed E-state index contributed by atoms with van der Waals surface area (Å²) in [4.78, 5) is 18.2. The summed E-state index contributed by atoms with van der Waals surface area (Å²) >= 11 is 0. The van der Waals surface area contributed by atoms with Crippen molar-refractivity contribution in [3.63, 3.8) is 0 Å². The summed E-state index contributed by atoms with van der Waals surface area (Å²) in [5.41, 5.74) is 1.10. The molecule has 2 unspecified atom stereocenters. The molecule has 3 rings (SSSR count). The third-order valence-electron chi connectivity index (χ3n) is 7.20. The van der Waals surface area contributed by atoms with Crippen LogP contribution in [-0.2, 0) is 39.8 Å². The fourth-order valence-corrected chi connectivity index (χ4v) is 11.2. The Balaban J connectivity index is 0.00000102. The predicted octanol–water partition coefficient (Wildman–Crippen LogP) is 1.24. The van der Waals surface area contributed by atoms with Crippen LogP contribution in [0.15, 0.2) is 36.4 Å². The third-order valence-corrected chi connectivity index (χ3v) is 13.5. The van der Waals surface area contributed by atoms with E-state index in [0.717, 1.165) is 18.4 Å². The highest BCUT2D eigenvalue weighted by Gasteiger charge is 2.61. The lowest BCUT2D eigenvalue weighted by molar-refractivity contribution is -0.159. The quantitative estimate of drug-likeness (QED) is 0.176. The normalized spacial score (nSPS) is 20.0. The van der Waals surface area contributed by atoms with Crippen LogP contribution in [0.1, 0.15) is 30.4 Å². The van der Waals surface area contributed by atoms with Gasteiger partial charge in [0.1, 0.15) is 0 Å². The van der Waals surface area contributed by atoms with Crippen LogP contribution in [0.3, 0.4) is 0 Å². The van der Waals surface area contributed by atoms with Crippen molar-refractivity contribution >= 4 is 31.6 Å². The SMILES string of the molecule is COc1ccc(CCCNCC2CCS(=O)(=O)C(CCO)(c3ccc(OC)c(OC)c3)S2(=O)=O)cc1OC.O=C(O)C(=O)O. The Labute approximate surface area is 256 Å². The number of hydrogen-bond donors (Lipinski definition) is 4. The van der Waals surface area contributed by atoms with Gasteiger partial charge in [-0.25, -0.2) is 26.4 Å². The molecule has 1 heterocycles. The van der Waals surface area contributed by atoms with Gasteiger partial charge in [0.25, 0.3) is 0 Å². The van der Waals surface area contributed by atoms with Crippen LogP contribution in [0.25, 0.3) is 0 Å². The molecule has 14 nitrogen and oxygen atoms in total. The van der Waals surface area contributed by atoms with Crippen molar-refractivity contribution in [1.29, 1.82) is 0 Å². The molecule has 2 aromatic carbocycles. The molecule has 0 spiro atoms. The number of carbonyl (C=O) groups is 2. The zero-order chi connectivity index (χ0) is 33.1. The van der Waals surface area contributed by atoms with Crippen LogP contribution in [-0.4, -0.2) is 103 Å². The van der Waals surface area contributed by atoms with E-state index in [1.807, 2.05) is 18.2 Å². The predicted molar refractivity (Wildman–Crippen MR) is 160 cm³/mol. The number of sulfone groups is 2. The maximum atomic E-state index is 14.0. The van der Waals surface area contributed by atoms with E-state index in [9.17, 15) is 21.9 Å². The Kier molecular flexibility index (Phi) is 13.2. The minimum absolute atomic E-state index is 0.0200. The zero-order valence-electron chi connectivity index (χ0n) is 24.9. The van der Waals surface area contributed by atoms with Gasteiger partial charge in [-0.05, 0) is 61.2 Å². The van der Waals surface area contributed by atoms with Crippen LogP contribution in [0.2, 0.25) is 0 Å². The molecule has 1 aliphatic heterocycles. The Morgan fingerprint density at radius 2 is 1.41 bits per heavy atom. The first-order valence-electron chi connectivity index (χ1n) is 13.4. The molecule has 4 N–H and O–H groups in total. The standard InChI is InChI=1S/C26H37NO9S2.C2H2O4/c1-33-22-9-7-19(16-24(22)35-3)6-5-13-27-18-21-11-15-37(29,30)26(12-14-28,38(21,31)32)20-8-10-23(34-2)25(17-20)36-4;3-1(4)2(5)6/h7-10,16-17,21,27-28H,5-6,11-15,18H2,1-4H3;(H,3,4)(H,5,6). The lowest BCUT2D eigenvalue weighted by Gasteiger charge is -2.40. The highest BCUT2D eigenvalue weighted by atomic mass is 32.3. The Morgan fingerprint density at radius 3 is 1.93 bits per heavy atom. The van der Waals surface area contributed by atoms with E-state index < -0.39 is 54.0 Å². The summed E-state index contributed by atoms with van der Waals surface area (Å²) in [7, 11) is -2.48. The van der Waals surface area contributed by atoms with Crippen molar-refractivity contribution in [3.05, 3.63) is 47.5 Å². The van der Waals surface area contributed by atoms with Gasteiger partial charge in [-0.3, -0.25) is 0 Å². The first-order valence-corrected chi connectivity index (χ1v) is 16.6. The lowest BCUT2D eigenvalue weighted by atomic mass is 10.1. The van der Waals surface area contributed by atoms with Gasteiger partial charge in [0.2, 0.25) is 4.08 Å². The molecule has 2 atom stereocenters. The molecule has 0 aliphatic carbocycles. The maximum Gasteiger partial charge on any atom is 0.414 e. The highest BCUT2D eigenvalue weighted by Crippen LogP contribution is 2.48. The van der Waals surface area contributed by atoms with Gasteiger partial charge in [0, 0.05) is 19.6 Å². The molecular weight excluding hydrogens is 622 g/mol. The molecule has 1 aliphatic rings. The summed E-state index contributed by atoms with van der Waals surface area (Å²) in [6.45, 7) is 0.0268. The van der Waals surface area contributed by atoms with Crippen LogP contribution >= 0.6 is 0 Å². The molecule has 246 valence electrons. The zero-order valence-corrected chi connectivity index (χ0v) is 26.6. The van der Waals surface area contributed by atoms with Crippen LogP contribution < -0.4 is 24.3 Å². The average Bonchev–Trinajstić information content (AvgIpc) is 2.99. The van der Waals surface area contributed by atoms with Crippen molar-refractivity contribution < 1.29 is 60.7 Å². The number of carboxylic acids is 2. The van der Waals surface area contributed by atoms with Gasteiger partial charge < -0.3 is 39.6 Å². The molecule has 0 bridgehead atoms. The number of aliphatic carboxylic acids is 2. The molecule has 2 aromatic rings. The van der Waals surface area contributed by atoms with E-state index >= 15 is 0 Å². The first kappa shape index (κ1) is 36.6. The minimum atomic E-state index is -4.29. The smallest absolute Gasteiger partial charge is 0.414 e. The van der Waals surface area contributed by atoms with E-state index in [4.69, 9.17) is 38.7 Å². The number of aryl methyl sites for hydroxylation is 1. The summed E-state index contributed by atoms with van der Waals surface area (Å²) in [5.74, 6) is -2.11. The Bertz CT molecular complexity index is 1500. The van der Waals surface area contributed by atoms with Crippen molar-refractivity contribution in [2.45, 2.75) is 35.0 Å². The Morgan fingerprint density at radius 1 is 0.864 bits per heavy atom. The molecule has 0 amide bonds. The lowest BCUT2D eigenvalue weighted by Crippen LogP contribution is -2.56. The van der Waals surface area contributed by atoms with Crippen LogP contribution in [0.5, 0.6) is 23.0 Å². The second-order valence-electron chi connectivity index (χ2n) is 9.68. The van der Waals surface area contributed by atoms with Crippen molar-refractivity contribution in [3.8, 4) is 23.0 Å². The van der Waals surface area contributed by atoms with E-state index in [-0.39, 0.29) is 30.0 Å². The summed E-state index contributed by atoms with van der Waals surface area (Å²) in [6.07, 6.45) is 0.980. The third kappa shape index (κ3) is 7.91. The van der Waals surface area contributed by atoms with Gasteiger partial charge in [0.15, 0.2) is 42.7 Å². The number of hydrogen-bond acceptors (Lipinski definition) is 12. The van der Waals surface area contributed by atoms with Gasteiger partial charge in [-0.15, -0.1) is 0 Å². The molecule has 1 saturated heterocycles. The van der Waals surface area contributed by atoms with Gasteiger partial charge >= 0.3 is 11.9 Å². The number of aliphatic hydroxyl groups is 1. The number of carboxylic acid groups (broad SMARTS) is 2. The molecule has 0 saturated carbocycles. The number of benzene rings is 2. The second kappa shape index (κ2) is 15.9. The molecule has 0 radical (unpaired) electrons. The average molecular weight is 662 g/mol. The summed E-state index contributed by atoms with van der Waals surface area (Å²) < 4.78 is 73.7. The maximum absolute atomic E-state index is 14.0. The first-order chi connectivity index (χ1) is 20.8. The Hall–Kier alpha value is -3.60. The van der Waals surface area contributed by atoms with E-state index in [0.29, 0.717) is 23.8 Å². The van der Waals surface area contributed by atoms with Gasteiger partial charge in [-0.2, -0.15) is 0 Å². The minimum Gasteiger partial charge on any atom is -0.493 e. The fraction of sp³-hybridized carbons (Fsp3) is 0.500. The topological polar surface area (TPSA) is 212 Å². The molecular formula is C28H39NO13S2. The van der Waals surface area contributed by atoms with Crippen molar-refractivity contribution in [1.82, 2.24) is 5.32 Å². The highest BCUT2D eigenvalue weighted by molar-refractivity contribution is 8.10. The second-order valence-corrected chi connectivity index (χ2v) is 14.7. The molecule has 44 heavy (non-hydrogen) atoms. The van der Waals surface area contributed by atoms with Crippen LogP contribution in [0, 0.1) is 0 Å². The number of ether oxygens (including phenoxy) is 4. The number of rotatable bonds is 13. The number of methoxy groups -OCH3 is 4. The summed E-state index contributed by atoms with van der Waals surface area (Å²) in [6, 6.07) is 9.97. The monoisotopic (exact) mass is 661 g/mol. The van der Waals surface area contributed by atoms with Crippen LogP contribution in [0.4, 0.5) is 0 Å². The van der Waals surface area contributed by atoms with E-state index in [2.05, 4.69) is 5.32 Å². The number of nitrogens with one attached hydrogen (secondary N) is 1. The summed E-state index contributed by atoms with van der Waals surface area (Å²) in [5, 5.41) is 26.9. The van der Waals surface area contributed by atoms with E-state index in [1.165, 1.54) is 32.4 Å². The van der Waals surface area contributed by atoms with Gasteiger partial charge in [0.05, 0.1) is 39.4 Å². The van der Waals surface area contributed by atoms with Crippen molar-refractivity contribution in [2.24, 2.45) is 0 Å². The largest absolute Gasteiger partial charge is 0.493 e.